The minimum atomic E-state index is -0.839. The van der Waals surface area contributed by atoms with Gasteiger partial charge in [0, 0.05) is 12.1 Å². The number of aromatic nitrogens is 1. The van der Waals surface area contributed by atoms with Crippen molar-refractivity contribution in [2.45, 2.75) is 32.7 Å². The van der Waals surface area contributed by atoms with Gasteiger partial charge in [0.25, 0.3) is 5.91 Å². The van der Waals surface area contributed by atoms with E-state index in [1.165, 1.54) is 11.0 Å². The van der Waals surface area contributed by atoms with E-state index in [9.17, 15) is 13.6 Å². The number of halogens is 2. The molecule has 2 aromatic rings. The van der Waals surface area contributed by atoms with Gasteiger partial charge in [0.05, 0.1) is 11.7 Å². The fourth-order valence-corrected chi connectivity index (χ4v) is 3.12. The Morgan fingerprint density at radius 3 is 2.59 bits per heavy atom. The lowest BCUT2D eigenvalue weighted by atomic mass is 10.0. The van der Waals surface area contributed by atoms with Crippen LogP contribution in [0.4, 0.5) is 8.78 Å². The number of rotatable bonds is 2. The first-order valence-electron chi connectivity index (χ1n) is 7.18. The van der Waals surface area contributed by atoms with Crippen LogP contribution in [0.15, 0.2) is 22.7 Å². The second-order valence-corrected chi connectivity index (χ2v) is 5.49. The summed E-state index contributed by atoms with van der Waals surface area (Å²) >= 11 is 0. The molecule has 1 aromatic carbocycles. The molecule has 1 aromatic heterocycles. The van der Waals surface area contributed by atoms with Crippen molar-refractivity contribution in [3.05, 3.63) is 52.4 Å². The molecule has 0 aliphatic carbocycles. The van der Waals surface area contributed by atoms with Gasteiger partial charge in [-0.2, -0.15) is 0 Å². The fourth-order valence-electron chi connectivity index (χ4n) is 3.12. The number of aryl methyl sites for hydroxylation is 2. The molecule has 1 aliphatic heterocycles. The predicted octanol–water partition coefficient (Wildman–Crippen LogP) is 3.55. The van der Waals surface area contributed by atoms with Gasteiger partial charge in [-0.15, -0.1) is 0 Å². The van der Waals surface area contributed by atoms with Crippen LogP contribution in [0.2, 0.25) is 0 Å². The van der Waals surface area contributed by atoms with Crippen LogP contribution in [0.1, 0.15) is 46.3 Å². The Labute approximate surface area is 126 Å². The molecule has 22 heavy (non-hydrogen) atoms. The zero-order chi connectivity index (χ0) is 15.9. The zero-order valence-corrected chi connectivity index (χ0v) is 12.4. The van der Waals surface area contributed by atoms with Gasteiger partial charge < -0.3 is 9.42 Å². The second kappa shape index (κ2) is 5.51. The van der Waals surface area contributed by atoms with Crippen molar-refractivity contribution in [3.8, 4) is 0 Å². The number of amides is 1. The highest BCUT2D eigenvalue weighted by Crippen LogP contribution is 2.36. The largest absolute Gasteiger partial charge is 0.361 e. The molecular formula is C16H16F2N2O2. The van der Waals surface area contributed by atoms with E-state index in [-0.39, 0.29) is 6.04 Å². The predicted molar refractivity (Wildman–Crippen MR) is 75.3 cm³/mol. The molecule has 116 valence electrons. The number of hydrogen-bond acceptors (Lipinski definition) is 3. The molecule has 0 N–H and O–H groups in total. The third-order valence-electron chi connectivity index (χ3n) is 4.11. The van der Waals surface area contributed by atoms with Crippen LogP contribution < -0.4 is 0 Å². The lowest BCUT2D eigenvalue weighted by molar-refractivity contribution is 0.0724. The van der Waals surface area contributed by atoms with Crippen LogP contribution in [-0.2, 0) is 0 Å². The Bertz CT molecular complexity index is 687. The van der Waals surface area contributed by atoms with E-state index >= 15 is 0 Å². The van der Waals surface area contributed by atoms with E-state index < -0.39 is 23.1 Å². The van der Waals surface area contributed by atoms with Crippen molar-refractivity contribution >= 4 is 5.91 Å². The Hall–Kier alpha value is -2.24. The summed E-state index contributed by atoms with van der Waals surface area (Å²) in [4.78, 5) is 14.1. The summed E-state index contributed by atoms with van der Waals surface area (Å²) in [6, 6.07) is 3.18. The molecule has 1 fully saturated rings. The molecule has 3 rings (SSSR count). The van der Waals surface area contributed by atoms with Gasteiger partial charge in [-0.1, -0.05) is 11.2 Å². The van der Waals surface area contributed by atoms with Gasteiger partial charge in [0.15, 0.2) is 0 Å². The van der Waals surface area contributed by atoms with Gasteiger partial charge in [-0.3, -0.25) is 4.79 Å². The van der Waals surface area contributed by atoms with Gasteiger partial charge in [-0.05, 0) is 38.8 Å². The van der Waals surface area contributed by atoms with Gasteiger partial charge in [-0.25, -0.2) is 8.78 Å². The average Bonchev–Trinajstić information content (AvgIpc) is 3.05. The van der Waals surface area contributed by atoms with E-state index in [0.29, 0.717) is 18.0 Å². The van der Waals surface area contributed by atoms with Crippen LogP contribution in [0, 0.1) is 25.5 Å². The second-order valence-electron chi connectivity index (χ2n) is 5.49. The summed E-state index contributed by atoms with van der Waals surface area (Å²) in [5.41, 5.74) is 1.04. The highest BCUT2D eigenvalue weighted by Gasteiger charge is 2.36. The van der Waals surface area contributed by atoms with Crippen molar-refractivity contribution < 1.29 is 18.1 Å². The first kappa shape index (κ1) is 14.7. The van der Waals surface area contributed by atoms with Crippen LogP contribution >= 0.6 is 0 Å². The normalized spacial score (nSPS) is 18.0. The summed E-state index contributed by atoms with van der Waals surface area (Å²) in [5.74, 6) is -1.67. The number of benzene rings is 1. The van der Waals surface area contributed by atoms with Gasteiger partial charge >= 0.3 is 0 Å². The van der Waals surface area contributed by atoms with Crippen molar-refractivity contribution in [2.75, 3.05) is 6.54 Å². The Morgan fingerprint density at radius 2 is 2.00 bits per heavy atom. The monoisotopic (exact) mass is 306 g/mol. The maximum atomic E-state index is 13.9. The van der Waals surface area contributed by atoms with E-state index in [1.807, 2.05) is 0 Å². The minimum Gasteiger partial charge on any atom is -0.361 e. The molecule has 1 atom stereocenters. The molecule has 1 aliphatic rings. The van der Waals surface area contributed by atoms with Crippen LogP contribution in [0.25, 0.3) is 0 Å². The summed E-state index contributed by atoms with van der Waals surface area (Å²) in [6.45, 7) is 4.04. The van der Waals surface area contributed by atoms with E-state index in [4.69, 9.17) is 4.52 Å². The summed E-state index contributed by atoms with van der Waals surface area (Å²) in [7, 11) is 0. The fraction of sp³-hybridized carbons (Fsp3) is 0.375. The Kier molecular flexibility index (Phi) is 3.68. The maximum Gasteiger partial charge on any atom is 0.260 e. The molecule has 6 heteroatoms. The standard InChI is InChI=1S/C16H16F2N2O2/c1-9-14(10(2)22-19-9)13-7-4-8-20(13)16(21)15-11(17)5-3-6-12(15)18/h3,5-6,13H,4,7-8H2,1-2H3. The molecular weight excluding hydrogens is 290 g/mol. The average molecular weight is 306 g/mol. The van der Waals surface area contributed by atoms with Crippen molar-refractivity contribution in [1.29, 1.82) is 0 Å². The van der Waals surface area contributed by atoms with Crippen molar-refractivity contribution in [2.24, 2.45) is 0 Å². The third-order valence-corrected chi connectivity index (χ3v) is 4.11. The van der Waals surface area contributed by atoms with Crippen molar-refractivity contribution in [1.82, 2.24) is 10.1 Å². The summed E-state index contributed by atoms with van der Waals surface area (Å²) in [6.07, 6.45) is 1.50. The minimum absolute atomic E-state index is 0.252. The number of likely N-dealkylation sites (tertiary alicyclic amines) is 1. The lowest BCUT2D eigenvalue weighted by Gasteiger charge is -2.25. The molecule has 0 spiro atoms. The highest BCUT2D eigenvalue weighted by atomic mass is 19.1. The van der Waals surface area contributed by atoms with Crippen LogP contribution in [0.5, 0.6) is 0 Å². The zero-order valence-electron chi connectivity index (χ0n) is 12.4. The molecule has 1 saturated heterocycles. The Balaban J connectivity index is 1.99. The topological polar surface area (TPSA) is 46.3 Å². The Morgan fingerprint density at radius 1 is 1.32 bits per heavy atom. The quantitative estimate of drug-likeness (QED) is 0.852. The molecule has 1 amide bonds. The smallest absolute Gasteiger partial charge is 0.260 e. The summed E-state index contributed by atoms with van der Waals surface area (Å²) in [5, 5.41) is 3.90. The molecule has 0 bridgehead atoms. The number of hydrogen-bond donors (Lipinski definition) is 0. The summed E-state index contributed by atoms with van der Waals surface area (Å²) < 4.78 is 32.9. The highest BCUT2D eigenvalue weighted by molar-refractivity contribution is 5.95. The molecule has 0 saturated carbocycles. The molecule has 2 heterocycles. The SMILES string of the molecule is Cc1noc(C)c1C1CCCN1C(=O)c1c(F)cccc1F. The van der Waals surface area contributed by atoms with E-state index in [0.717, 1.165) is 30.5 Å². The van der Waals surface area contributed by atoms with Gasteiger partial charge in [0.2, 0.25) is 0 Å². The molecule has 4 nitrogen and oxygen atoms in total. The number of carbonyl (C=O) groups is 1. The number of carbonyl (C=O) groups excluding carboxylic acids is 1. The van der Waals surface area contributed by atoms with E-state index in [1.54, 1.807) is 13.8 Å². The number of nitrogens with zero attached hydrogens (tertiary/aromatic N) is 2. The van der Waals surface area contributed by atoms with Crippen LogP contribution in [0.3, 0.4) is 0 Å². The first-order chi connectivity index (χ1) is 10.5. The molecule has 0 radical (unpaired) electrons. The van der Waals surface area contributed by atoms with Crippen LogP contribution in [-0.4, -0.2) is 22.5 Å². The van der Waals surface area contributed by atoms with E-state index in [2.05, 4.69) is 5.16 Å². The first-order valence-corrected chi connectivity index (χ1v) is 7.18. The third kappa shape index (κ3) is 2.28. The maximum absolute atomic E-state index is 13.9. The van der Waals surface area contributed by atoms with Crippen molar-refractivity contribution in [3.63, 3.8) is 0 Å². The molecule has 1 unspecified atom stereocenters. The lowest BCUT2D eigenvalue weighted by Crippen LogP contribution is -2.32. The van der Waals surface area contributed by atoms with Gasteiger partial charge in [0.1, 0.15) is 23.0 Å².